The summed E-state index contributed by atoms with van der Waals surface area (Å²) in [5.41, 5.74) is 7.43. The number of aromatic nitrogens is 3. The number of methoxy groups -OCH3 is 1. The number of carbonyl (C=O) groups excluding carboxylic acids is 1. The normalized spacial score (nSPS) is 10.7. The smallest absolute Gasteiger partial charge is 0.340 e. The highest BCUT2D eigenvalue weighted by molar-refractivity contribution is 5.96. The first-order valence-electron chi connectivity index (χ1n) is 5.93. The van der Waals surface area contributed by atoms with Crippen LogP contribution >= 0.6 is 0 Å². The number of nitrogens with two attached hydrogens (primary N) is 1. The minimum absolute atomic E-state index is 0.257. The summed E-state index contributed by atoms with van der Waals surface area (Å²) in [4.78, 5) is 15.7. The molecule has 100 valence electrons. The molecule has 0 bridgehead atoms. The number of hydrogen-bond acceptors (Lipinski definition) is 5. The van der Waals surface area contributed by atoms with Gasteiger partial charge in [-0.2, -0.15) is 5.10 Å². The molecule has 0 amide bonds. The number of anilines is 1. The van der Waals surface area contributed by atoms with Crippen LogP contribution in [0.15, 0.2) is 24.5 Å². The van der Waals surface area contributed by atoms with E-state index in [1.54, 1.807) is 10.9 Å². The first kappa shape index (κ1) is 13.1. The summed E-state index contributed by atoms with van der Waals surface area (Å²) in [6.45, 7) is 4.10. The summed E-state index contributed by atoms with van der Waals surface area (Å²) < 4.78 is 6.24. The maximum absolute atomic E-state index is 11.6. The molecular formula is C13H16N4O2. The van der Waals surface area contributed by atoms with Gasteiger partial charge in [-0.05, 0) is 18.1 Å². The zero-order chi connectivity index (χ0) is 14.0. The van der Waals surface area contributed by atoms with Crippen LogP contribution in [0.25, 0.3) is 5.82 Å². The topological polar surface area (TPSA) is 83.0 Å². The molecule has 2 heterocycles. The molecule has 2 aromatic rings. The van der Waals surface area contributed by atoms with E-state index in [9.17, 15) is 4.79 Å². The Labute approximate surface area is 111 Å². The van der Waals surface area contributed by atoms with E-state index in [-0.39, 0.29) is 11.3 Å². The standard InChI is InChI=1S/C13H16N4O2/c1-8(2)10-5-7-17(16-10)12-11(14)9(4-6-15-12)13(18)19-3/h4-8H,14H2,1-3H3. The van der Waals surface area contributed by atoms with Crippen LogP contribution in [-0.4, -0.2) is 27.8 Å². The van der Waals surface area contributed by atoms with Crippen molar-refractivity contribution in [3.63, 3.8) is 0 Å². The molecule has 0 aliphatic heterocycles. The van der Waals surface area contributed by atoms with Gasteiger partial charge in [0.25, 0.3) is 0 Å². The molecule has 0 spiro atoms. The van der Waals surface area contributed by atoms with Gasteiger partial charge >= 0.3 is 5.97 Å². The fourth-order valence-electron chi connectivity index (χ4n) is 1.70. The number of rotatable bonds is 3. The summed E-state index contributed by atoms with van der Waals surface area (Å²) in [7, 11) is 1.31. The van der Waals surface area contributed by atoms with E-state index in [2.05, 4.69) is 14.8 Å². The maximum Gasteiger partial charge on any atom is 0.340 e. The van der Waals surface area contributed by atoms with Gasteiger partial charge in [0.05, 0.1) is 24.1 Å². The average Bonchev–Trinajstić information content (AvgIpc) is 2.87. The number of hydrogen-bond donors (Lipinski definition) is 1. The van der Waals surface area contributed by atoms with Crippen LogP contribution < -0.4 is 5.73 Å². The molecule has 2 rings (SSSR count). The van der Waals surface area contributed by atoms with Gasteiger partial charge in [0, 0.05) is 12.4 Å². The van der Waals surface area contributed by atoms with Crippen molar-refractivity contribution in [2.45, 2.75) is 19.8 Å². The fourth-order valence-corrected chi connectivity index (χ4v) is 1.70. The van der Waals surface area contributed by atoms with Gasteiger partial charge < -0.3 is 10.5 Å². The Bertz CT molecular complexity index is 604. The highest BCUT2D eigenvalue weighted by Gasteiger charge is 2.16. The molecule has 0 fully saturated rings. The molecule has 0 atom stereocenters. The molecule has 0 radical (unpaired) electrons. The lowest BCUT2D eigenvalue weighted by Gasteiger charge is -2.08. The SMILES string of the molecule is COC(=O)c1ccnc(-n2ccc(C(C)C)n2)c1N. The third kappa shape index (κ3) is 2.42. The van der Waals surface area contributed by atoms with Gasteiger partial charge in [-0.25, -0.2) is 14.5 Å². The van der Waals surface area contributed by atoms with Crippen molar-refractivity contribution >= 4 is 11.7 Å². The van der Waals surface area contributed by atoms with Crippen LogP contribution in [0.1, 0.15) is 35.8 Å². The zero-order valence-corrected chi connectivity index (χ0v) is 11.1. The minimum Gasteiger partial charge on any atom is -0.465 e. The molecule has 2 aromatic heterocycles. The summed E-state index contributed by atoms with van der Waals surface area (Å²) in [6.07, 6.45) is 3.28. The first-order chi connectivity index (χ1) is 9.04. The second kappa shape index (κ2) is 5.09. The number of nitrogen functional groups attached to an aromatic ring is 1. The molecule has 0 aliphatic rings. The van der Waals surface area contributed by atoms with Crippen molar-refractivity contribution < 1.29 is 9.53 Å². The van der Waals surface area contributed by atoms with Gasteiger partial charge in [0.1, 0.15) is 0 Å². The number of carbonyl (C=O) groups is 1. The second-order valence-corrected chi connectivity index (χ2v) is 4.43. The van der Waals surface area contributed by atoms with Crippen molar-refractivity contribution in [2.75, 3.05) is 12.8 Å². The summed E-state index contributed by atoms with van der Waals surface area (Å²) in [5, 5.41) is 4.39. The molecule has 0 saturated carbocycles. The van der Waals surface area contributed by atoms with Crippen molar-refractivity contribution in [3.8, 4) is 5.82 Å². The van der Waals surface area contributed by atoms with Crippen molar-refractivity contribution in [1.29, 1.82) is 0 Å². The van der Waals surface area contributed by atoms with Gasteiger partial charge in [-0.3, -0.25) is 0 Å². The van der Waals surface area contributed by atoms with Crippen LogP contribution in [0.2, 0.25) is 0 Å². The van der Waals surface area contributed by atoms with E-state index >= 15 is 0 Å². The second-order valence-electron chi connectivity index (χ2n) is 4.43. The van der Waals surface area contributed by atoms with E-state index in [0.717, 1.165) is 5.69 Å². The Morgan fingerprint density at radius 1 is 1.42 bits per heavy atom. The third-order valence-electron chi connectivity index (χ3n) is 2.79. The quantitative estimate of drug-likeness (QED) is 0.850. The van der Waals surface area contributed by atoms with Crippen LogP contribution in [0, 0.1) is 0 Å². The highest BCUT2D eigenvalue weighted by Crippen LogP contribution is 2.20. The van der Waals surface area contributed by atoms with Crippen molar-refractivity contribution in [2.24, 2.45) is 0 Å². The third-order valence-corrected chi connectivity index (χ3v) is 2.79. The molecule has 0 aliphatic carbocycles. The van der Waals surface area contributed by atoms with E-state index in [4.69, 9.17) is 5.73 Å². The minimum atomic E-state index is -0.489. The van der Waals surface area contributed by atoms with Crippen molar-refractivity contribution in [3.05, 3.63) is 35.8 Å². The van der Waals surface area contributed by atoms with E-state index in [0.29, 0.717) is 11.7 Å². The predicted octanol–water partition coefficient (Wildman–Crippen LogP) is 1.76. The molecule has 0 unspecified atom stereocenters. The molecular weight excluding hydrogens is 244 g/mol. The largest absolute Gasteiger partial charge is 0.465 e. The molecule has 0 aromatic carbocycles. The van der Waals surface area contributed by atoms with Crippen LogP contribution in [-0.2, 0) is 4.74 Å². The van der Waals surface area contributed by atoms with Crippen LogP contribution in [0.3, 0.4) is 0 Å². The Morgan fingerprint density at radius 3 is 2.74 bits per heavy atom. The Morgan fingerprint density at radius 2 is 2.16 bits per heavy atom. The fraction of sp³-hybridized carbons (Fsp3) is 0.308. The number of ether oxygens (including phenoxy) is 1. The van der Waals surface area contributed by atoms with Crippen LogP contribution in [0.4, 0.5) is 5.69 Å². The molecule has 0 saturated heterocycles. The molecule has 6 heteroatoms. The zero-order valence-electron chi connectivity index (χ0n) is 11.1. The van der Waals surface area contributed by atoms with Gasteiger partial charge in [-0.15, -0.1) is 0 Å². The number of esters is 1. The van der Waals surface area contributed by atoms with Crippen molar-refractivity contribution in [1.82, 2.24) is 14.8 Å². The van der Waals surface area contributed by atoms with Gasteiger partial charge in [0.15, 0.2) is 5.82 Å². The Balaban J connectivity index is 2.47. The predicted molar refractivity (Wildman–Crippen MR) is 71.2 cm³/mol. The van der Waals surface area contributed by atoms with Crippen LogP contribution in [0.5, 0.6) is 0 Å². The lowest BCUT2D eigenvalue weighted by atomic mass is 10.1. The number of pyridine rings is 1. The van der Waals surface area contributed by atoms with E-state index in [1.807, 2.05) is 19.9 Å². The highest BCUT2D eigenvalue weighted by atomic mass is 16.5. The Hall–Kier alpha value is -2.37. The lowest BCUT2D eigenvalue weighted by molar-refractivity contribution is 0.0602. The number of nitrogens with zero attached hydrogens (tertiary/aromatic N) is 3. The van der Waals surface area contributed by atoms with Gasteiger partial charge in [-0.1, -0.05) is 13.8 Å². The van der Waals surface area contributed by atoms with E-state index < -0.39 is 5.97 Å². The summed E-state index contributed by atoms with van der Waals surface area (Å²) in [6, 6.07) is 3.42. The Kier molecular flexibility index (Phi) is 3.50. The molecule has 2 N–H and O–H groups in total. The lowest BCUT2D eigenvalue weighted by Crippen LogP contribution is -2.11. The molecule has 19 heavy (non-hydrogen) atoms. The van der Waals surface area contributed by atoms with Gasteiger partial charge in [0.2, 0.25) is 0 Å². The summed E-state index contributed by atoms with van der Waals surface area (Å²) >= 11 is 0. The molecule has 6 nitrogen and oxygen atoms in total. The average molecular weight is 260 g/mol. The first-order valence-corrected chi connectivity index (χ1v) is 5.93. The summed E-state index contributed by atoms with van der Waals surface area (Å²) in [5.74, 6) is 0.249. The van der Waals surface area contributed by atoms with E-state index in [1.165, 1.54) is 19.4 Å². The monoisotopic (exact) mass is 260 g/mol. The maximum atomic E-state index is 11.6.